The zero-order valence-corrected chi connectivity index (χ0v) is 13.5. The maximum atomic E-state index is 12.2. The largest absolute Gasteiger partial charge is 0.348 e. The molecule has 0 heterocycles. The van der Waals surface area contributed by atoms with Crippen LogP contribution in [0.25, 0.3) is 0 Å². The monoisotopic (exact) mass is 316 g/mol. The normalized spacial score (nSPS) is 22.2. The van der Waals surface area contributed by atoms with Gasteiger partial charge in [0, 0.05) is 22.7 Å². The molecule has 1 aromatic rings. The molecule has 0 aromatic heterocycles. The van der Waals surface area contributed by atoms with Crippen LogP contribution in [0.15, 0.2) is 24.3 Å². The Morgan fingerprint density at radius 2 is 1.80 bits per heavy atom. The molecule has 2 rings (SSSR count). The second kappa shape index (κ2) is 7.87. The van der Waals surface area contributed by atoms with E-state index in [1.165, 1.54) is 12.8 Å². The van der Waals surface area contributed by atoms with Crippen molar-refractivity contribution in [2.75, 3.05) is 14.1 Å². The zero-order valence-electron chi connectivity index (χ0n) is 11.9. The Bertz CT molecular complexity index is 434. The van der Waals surface area contributed by atoms with Crippen LogP contribution in [0.3, 0.4) is 0 Å². The van der Waals surface area contributed by atoms with Gasteiger partial charge in [0.05, 0.1) is 0 Å². The third kappa shape index (κ3) is 4.37. The summed E-state index contributed by atoms with van der Waals surface area (Å²) in [4.78, 5) is 14.4. The van der Waals surface area contributed by atoms with Gasteiger partial charge in [0.2, 0.25) is 0 Å². The van der Waals surface area contributed by atoms with Gasteiger partial charge in [0.1, 0.15) is 0 Å². The Balaban J connectivity index is 0.00000200. The lowest BCUT2D eigenvalue weighted by atomic mass is 9.89. The molecule has 1 aromatic carbocycles. The Labute approximate surface area is 132 Å². The molecule has 0 spiro atoms. The van der Waals surface area contributed by atoms with Gasteiger partial charge in [-0.3, -0.25) is 4.79 Å². The summed E-state index contributed by atoms with van der Waals surface area (Å²) >= 11 is 5.83. The second-order valence-corrected chi connectivity index (χ2v) is 5.84. The Morgan fingerprint density at radius 3 is 2.40 bits per heavy atom. The van der Waals surface area contributed by atoms with Crippen LogP contribution in [0.5, 0.6) is 0 Å². The van der Waals surface area contributed by atoms with Crippen molar-refractivity contribution in [3.05, 3.63) is 34.9 Å². The number of amides is 1. The lowest BCUT2D eigenvalue weighted by Crippen LogP contribution is -2.51. The average Bonchev–Trinajstić information content (AvgIpc) is 2.39. The van der Waals surface area contributed by atoms with E-state index in [1.54, 1.807) is 24.3 Å². The first kappa shape index (κ1) is 17.3. The Hall–Kier alpha value is -0.770. The number of carbonyl (C=O) groups is 1. The van der Waals surface area contributed by atoms with Gasteiger partial charge in [-0.1, -0.05) is 24.4 Å². The molecule has 0 bridgehead atoms. The van der Waals surface area contributed by atoms with E-state index in [-0.39, 0.29) is 24.4 Å². The van der Waals surface area contributed by atoms with Gasteiger partial charge in [0.25, 0.3) is 5.91 Å². The zero-order chi connectivity index (χ0) is 13.8. The quantitative estimate of drug-likeness (QED) is 0.927. The van der Waals surface area contributed by atoms with Gasteiger partial charge in [-0.05, 0) is 51.2 Å². The molecule has 3 nitrogen and oxygen atoms in total. The maximum Gasteiger partial charge on any atom is 0.251 e. The fourth-order valence-electron chi connectivity index (χ4n) is 2.75. The minimum Gasteiger partial charge on any atom is -0.348 e. The number of nitrogens with zero attached hydrogens (tertiary/aromatic N) is 1. The molecule has 1 fully saturated rings. The van der Waals surface area contributed by atoms with Crippen molar-refractivity contribution < 1.29 is 4.79 Å². The number of carbonyl (C=O) groups excluding carboxylic acids is 1. The number of likely N-dealkylation sites (N-methyl/N-ethyl adjacent to an activating group) is 1. The van der Waals surface area contributed by atoms with Crippen LogP contribution in [0.2, 0.25) is 5.02 Å². The first-order valence-electron chi connectivity index (χ1n) is 6.81. The molecule has 0 aliphatic heterocycles. The molecule has 0 unspecified atom stereocenters. The molecule has 112 valence electrons. The summed E-state index contributed by atoms with van der Waals surface area (Å²) in [6.45, 7) is 0. The number of rotatable bonds is 3. The number of hydrogen-bond donors (Lipinski definition) is 1. The molecule has 0 radical (unpaired) electrons. The molecular weight excluding hydrogens is 295 g/mol. The highest BCUT2D eigenvalue weighted by atomic mass is 35.5. The summed E-state index contributed by atoms with van der Waals surface area (Å²) < 4.78 is 0. The molecule has 1 N–H and O–H groups in total. The standard InChI is InChI=1S/C15H21ClN2O.ClH/c1-18(2)14-6-4-3-5-13(14)17-15(19)11-7-9-12(16)10-8-11;/h7-10,13-14H,3-6H2,1-2H3,(H,17,19);1H/t13-,14+;/m0./s1. The molecular formula is C15H22Cl2N2O. The van der Waals surface area contributed by atoms with Crippen LogP contribution in [0, 0.1) is 0 Å². The highest BCUT2D eigenvalue weighted by molar-refractivity contribution is 6.30. The van der Waals surface area contributed by atoms with Crippen molar-refractivity contribution in [2.45, 2.75) is 37.8 Å². The van der Waals surface area contributed by atoms with Gasteiger partial charge >= 0.3 is 0 Å². The van der Waals surface area contributed by atoms with E-state index in [4.69, 9.17) is 11.6 Å². The highest BCUT2D eigenvalue weighted by Crippen LogP contribution is 2.22. The summed E-state index contributed by atoms with van der Waals surface area (Å²) in [6, 6.07) is 7.72. The predicted molar refractivity (Wildman–Crippen MR) is 85.9 cm³/mol. The van der Waals surface area contributed by atoms with Crippen molar-refractivity contribution in [3.8, 4) is 0 Å². The molecule has 1 aliphatic carbocycles. The smallest absolute Gasteiger partial charge is 0.251 e. The van der Waals surface area contributed by atoms with E-state index in [0.717, 1.165) is 12.8 Å². The summed E-state index contributed by atoms with van der Waals surface area (Å²) in [5, 5.41) is 3.82. The van der Waals surface area contributed by atoms with Crippen molar-refractivity contribution in [3.63, 3.8) is 0 Å². The minimum absolute atomic E-state index is 0. The lowest BCUT2D eigenvalue weighted by molar-refractivity contribution is 0.0883. The predicted octanol–water partition coefficient (Wildman–Crippen LogP) is 3.36. The Kier molecular flexibility index (Phi) is 6.80. The van der Waals surface area contributed by atoms with Crippen LogP contribution in [-0.2, 0) is 0 Å². The van der Waals surface area contributed by atoms with Gasteiger partial charge < -0.3 is 10.2 Å². The Morgan fingerprint density at radius 1 is 1.20 bits per heavy atom. The number of benzene rings is 1. The van der Waals surface area contributed by atoms with Crippen molar-refractivity contribution in [1.82, 2.24) is 10.2 Å². The van der Waals surface area contributed by atoms with Crippen LogP contribution >= 0.6 is 24.0 Å². The van der Waals surface area contributed by atoms with Crippen molar-refractivity contribution in [1.29, 1.82) is 0 Å². The third-order valence-corrected chi connectivity index (χ3v) is 4.07. The number of halogens is 2. The SMILES string of the molecule is CN(C)[C@@H]1CCCC[C@@H]1NC(=O)c1ccc(Cl)cc1.Cl. The van der Waals surface area contributed by atoms with E-state index in [9.17, 15) is 4.79 Å². The molecule has 1 amide bonds. The maximum absolute atomic E-state index is 12.2. The van der Waals surface area contributed by atoms with Crippen LogP contribution in [-0.4, -0.2) is 37.0 Å². The van der Waals surface area contributed by atoms with Crippen molar-refractivity contribution in [2.24, 2.45) is 0 Å². The fourth-order valence-corrected chi connectivity index (χ4v) is 2.88. The number of hydrogen-bond acceptors (Lipinski definition) is 2. The van der Waals surface area contributed by atoms with Gasteiger partial charge in [0.15, 0.2) is 0 Å². The van der Waals surface area contributed by atoms with Crippen molar-refractivity contribution >= 4 is 29.9 Å². The lowest BCUT2D eigenvalue weighted by Gasteiger charge is -2.36. The molecule has 2 atom stereocenters. The summed E-state index contributed by atoms with van der Waals surface area (Å²) in [6.07, 6.45) is 4.65. The molecule has 1 aliphatic rings. The molecule has 20 heavy (non-hydrogen) atoms. The molecule has 0 saturated heterocycles. The van der Waals surface area contributed by atoms with E-state index in [0.29, 0.717) is 16.6 Å². The second-order valence-electron chi connectivity index (χ2n) is 5.40. The van der Waals surface area contributed by atoms with Gasteiger partial charge in [-0.25, -0.2) is 0 Å². The van der Waals surface area contributed by atoms with Gasteiger partial charge in [-0.2, -0.15) is 0 Å². The number of nitrogens with one attached hydrogen (secondary N) is 1. The summed E-state index contributed by atoms with van der Waals surface area (Å²) in [5.74, 6) is -0.00424. The van der Waals surface area contributed by atoms with Crippen LogP contribution < -0.4 is 5.32 Å². The average molecular weight is 317 g/mol. The van der Waals surface area contributed by atoms with Gasteiger partial charge in [-0.15, -0.1) is 12.4 Å². The third-order valence-electron chi connectivity index (χ3n) is 3.82. The molecule has 1 saturated carbocycles. The van der Waals surface area contributed by atoms with Crippen LogP contribution in [0.1, 0.15) is 36.0 Å². The first-order valence-corrected chi connectivity index (χ1v) is 7.18. The molecule has 5 heteroatoms. The highest BCUT2D eigenvalue weighted by Gasteiger charge is 2.28. The van der Waals surface area contributed by atoms with E-state index in [1.807, 2.05) is 0 Å². The van der Waals surface area contributed by atoms with Crippen LogP contribution in [0.4, 0.5) is 0 Å². The first-order chi connectivity index (χ1) is 9.08. The topological polar surface area (TPSA) is 32.3 Å². The summed E-state index contributed by atoms with van der Waals surface area (Å²) in [7, 11) is 4.16. The fraction of sp³-hybridized carbons (Fsp3) is 0.533. The van der Waals surface area contributed by atoms with E-state index < -0.39 is 0 Å². The van der Waals surface area contributed by atoms with E-state index in [2.05, 4.69) is 24.3 Å². The van der Waals surface area contributed by atoms with E-state index >= 15 is 0 Å². The summed E-state index contributed by atoms with van der Waals surface area (Å²) in [5.41, 5.74) is 0.674. The minimum atomic E-state index is -0.00424.